The van der Waals surface area contributed by atoms with Crippen molar-refractivity contribution in [3.63, 3.8) is 0 Å². The molecule has 2 aliphatic heterocycles. The van der Waals surface area contributed by atoms with Gasteiger partial charge in [-0.05, 0) is 27.7 Å². The summed E-state index contributed by atoms with van der Waals surface area (Å²) in [5, 5.41) is 23.7. The van der Waals surface area contributed by atoms with E-state index in [0.29, 0.717) is 0 Å². The first-order chi connectivity index (χ1) is 6.97. The summed E-state index contributed by atoms with van der Waals surface area (Å²) in [6, 6.07) is 0. The number of nitrogens with one attached hydrogen (secondary N) is 1. The monoisotopic (exact) mass is 229 g/mol. The second-order valence-corrected chi connectivity index (χ2v) is 6.47. The van der Waals surface area contributed by atoms with E-state index in [2.05, 4.69) is 5.32 Å². The number of fused-ring (bicyclic) bond motifs is 1. The Hall–Kier alpha value is -0.160. The van der Waals surface area contributed by atoms with Crippen molar-refractivity contribution in [2.24, 2.45) is 5.41 Å². The summed E-state index contributed by atoms with van der Waals surface area (Å²) in [6.07, 6.45) is 0. The molecule has 4 nitrogen and oxygen atoms in total. The average Bonchev–Trinajstić information content (AvgIpc) is 2.68. The lowest BCUT2D eigenvalue weighted by molar-refractivity contribution is -0.279. The van der Waals surface area contributed by atoms with Crippen molar-refractivity contribution in [3.05, 3.63) is 0 Å². The molecule has 16 heavy (non-hydrogen) atoms. The van der Waals surface area contributed by atoms with Crippen molar-refractivity contribution in [1.29, 1.82) is 0 Å². The van der Waals surface area contributed by atoms with Crippen LogP contribution in [-0.4, -0.2) is 39.3 Å². The van der Waals surface area contributed by atoms with E-state index in [-0.39, 0.29) is 6.61 Å². The fourth-order valence-electron chi connectivity index (χ4n) is 3.11. The Morgan fingerprint density at radius 1 is 1.06 bits per heavy atom. The molecule has 4 unspecified atom stereocenters. The molecule has 0 bridgehead atoms. The highest BCUT2D eigenvalue weighted by Crippen LogP contribution is 2.63. The predicted molar refractivity (Wildman–Crippen MR) is 60.9 cm³/mol. The van der Waals surface area contributed by atoms with E-state index in [1.807, 2.05) is 41.5 Å². The maximum absolute atomic E-state index is 10.8. The normalized spacial score (nSPS) is 59.2. The van der Waals surface area contributed by atoms with Crippen LogP contribution >= 0.6 is 0 Å². The lowest BCUT2D eigenvalue weighted by atomic mass is 9.57. The predicted octanol–water partition coefficient (Wildman–Crippen LogP) is 0.623. The number of aliphatic hydroxyl groups excluding tert-OH is 1. The number of hydrogen-bond donors (Lipinski definition) is 3. The summed E-state index contributed by atoms with van der Waals surface area (Å²) in [4.78, 5) is 0. The van der Waals surface area contributed by atoms with E-state index in [9.17, 15) is 10.2 Å². The second-order valence-electron chi connectivity index (χ2n) is 6.47. The molecule has 0 spiro atoms. The minimum absolute atomic E-state index is 0.108. The van der Waals surface area contributed by atoms with Crippen molar-refractivity contribution in [1.82, 2.24) is 5.32 Å². The lowest BCUT2D eigenvalue weighted by Crippen LogP contribution is -2.70. The van der Waals surface area contributed by atoms with Crippen molar-refractivity contribution < 1.29 is 14.9 Å². The van der Waals surface area contributed by atoms with Crippen LogP contribution in [0.3, 0.4) is 0 Å². The third kappa shape index (κ3) is 0.957. The highest BCUT2D eigenvalue weighted by Gasteiger charge is 2.81. The number of aliphatic hydroxyl groups is 2. The minimum atomic E-state index is -0.954. The van der Waals surface area contributed by atoms with Crippen LogP contribution in [0.4, 0.5) is 0 Å². The van der Waals surface area contributed by atoms with Gasteiger partial charge in [0.2, 0.25) is 0 Å². The number of rotatable bonds is 1. The van der Waals surface area contributed by atoms with Gasteiger partial charge < -0.3 is 14.9 Å². The van der Waals surface area contributed by atoms with Crippen LogP contribution in [0.5, 0.6) is 0 Å². The Morgan fingerprint density at radius 3 is 2.00 bits per heavy atom. The highest BCUT2D eigenvalue weighted by molar-refractivity contribution is 5.33. The molecule has 0 aromatic carbocycles. The van der Waals surface area contributed by atoms with Gasteiger partial charge in [0.15, 0.2) is 0 Å². The van der Waals surface area contributed by atoms with E-state index in [4.69, 9.17) is 4.74 Å². The van der Waals surface area contributed by atoms with Crippen LogP contribution in [0.15, 0.2) is 0 Å². The van der Waals surface area contributed by atoms with Crippen LogP contribution in [0.25, 0.3) is 0 Å². The quantitative estimate of drug-likeness (QED) is 0.576. The Morgan fingerprint density at radius 2 is 1.56 bits per heavy atom. The maximum atomic E-state index is 10.8. The third-order valence-electron chi connectivity index (χ3n) is 5.62. The second kappa shape index (κ2) is 2.64. The van der Waals surface area contributed by atoms with Crippen LogP contribution in [0.1, 0.15) is 41.5 Å². The molecule has 3 N–H and O–H groups in total. The molecular formula is C12H23NO3. The van der Waals surface area contributed by atoms with Crippen molar-refractivity contribution in [2.45, 2.75) is 64.0 Å². The summed E-state index contributed by atoms with van der Waals surface area (Å²) in [7, 11) is 0. The molecule has 0 aromatic rings. The molecule has 0 aliphatic carbocycles. The Labute approximate surface area is 97.0 Å². The zero-order valence-corrected chi connectivity index (χ0v) is 11.0. The number of hydrogen-bond acceptors (Lipinski definition) is 4. The zero-order chi connectivity index (χ0) is 12.6. The molecule has 4 atom stereocenters. The van der Waals surface area contributed by atoms with Gasteiger partial charge in [-0.1, -0.05) is 13.8 Å². The van der Waals surface area contributed by atoms with Crippen LogP contribution in [-0.2, 0) is 4.74 Å². The SMILES string of the molecule is CC1(CO)OC2(C)NC2(C)C(C)(O)C1(C)C. The molecule has 0 radical (unpaired) electrons. The first kappa shape index (κ1) is 12.3. The van der Waals surface area contributed by atoms with Crippen molar-refractivity contribution in [3.8, 4) is 0 Å². The smallest absolute Gasteiger partial charge is 0.138 e. The summed E-state index contributed by atoms with van der Waals surface area (Å²) in [5.74, 6) is 0. The van der Waals surface area contributed by atoms with Crippen molar-refractivity contribution >= 4 is 0 Å². The summed E-state index contributed by atoms with van der Waals surface area (Å²) >= 11 is 0. The van der Waals surface area contributed by atoms with E-state index < -0.39 is 27.9 Å². The Bertz CT molecular complexity index is 335. The molecule has 4 heteroatoms. The van der Waals surface area contributed by atoms with Crippen LogP contribution < -0.4 is 5.32 Å². The fraction of sp³-hybridized carbons (Fsp3) is 1.00. The molecule has 94 valence electrons. The summed E-state index contributed by atoms with van der Waals surface area (Å²) < 4.78 is 6.02. The third-order valence-corrected chi connectivity index (χ3v) is 5.62. The summed E-state index contributed by atoms with van der Waals surface area (Å²) in [6.45, 7) is 11.3. The van der Waals surface area contributed by atoms with Gasteiger partial charge in [-0.2, -0.15) is 0 Å². The van der Waals surface area contributed by atoms with E-state index in [0.717, 1.165) is 0 Å². The van der Waals surface area contributed by atoms with Gasteiger partial charge in [0, 0.05) is 5.41 Å². The first-order valence-corrected chi connectivity index (χ1v) is 5.80. The number of ether oxygens (including phenoxy) is 1. The fourth-order valence-corrected chi connectivity index (χ4v) is 3.11. The largest absolute Gasteiger partial charge is 0.393 e. The standard InChI is InChI=1S/C12H23NO3/c1-8(2)9(3,7-14)16-12(6)10(4,13-12)11(8,5)15/h13-15H,7H2,1-6H3. The molecule has 2 saturated heterocycles. The minimum Gasteiger partial charge on any atom is -0.393 e. The molecule has 0 saturated carbocycles. The first-order valence-electron chi connectivity index (χ1n) is 5.80. The van der Waals surface area contributed by atoms with E-state index in [1.165, 1.54) is 0 Å². The van der Waals surface area contributed by atoms with Crippen LogP contribution in [0.2, 0.25) is 0 Å². The molecule has 2 fully saturated rings. The van der Waals surface area contributed by atoms with Crippen molar-refractivity contribution in [2.75, 3.05) is 6.61 Å². The molecule has 2 rings (SSSR count). The van der Waals surface area contributed by atoms with Crippen LogP contribution in [0, 0.1) is 5.41 Å². The van der Waals surface area contributed by atoms with Gasteiger partial charge in [0.1, 0.15) is 5.72 Å². The maximum Gasteiger partial charge on any atom is 0.138 e. The lowest BCUT2D eigenvalue weighted by Gasteiger charge is -2.58. The molecule has 0 amide bonds. The van der Waals surface area contributed by atoms with Gasteiger partial charge in [0.25, 0.3) is 0 Å². The topological polar surface area (TPSA) is 71.6 Å². The Kier molecular flexibility index (Phi) is 2.03. The van der Waals surface area contributed by atoms with Gasteiger partial charge in [-0.15, -0.1) is 0 Å². The summed E-state index contributed by atoms with van der Waals surface area (Å²) in [5.41, 5.74) is -3.27. The van der Waals surface area contributed by atoms with Gasteiger partial charge >= 0.3 is 0 Å². The van der Waals surface area contributed by atoms with Gasteiger partial charge in [0.05, 0.1) is 23.3 Å². The molecule has 2 heterocycles. The molecule has 2 aliphatic rings. The van der Waals surface area contributed by atoms with E-state index >= 15 is 0 Å². The average molecular weight is 229 g/mol. The van der Waals surface area contributed by atoms with Gasteiger partial charge in [-0.25, -0.2) is 0 Å². The Balaban J connectivity index is 2.53. The zero-order valence-electron chi connectivity index (χ0n) is 11.0. The van der Waals surface area contributed by atoms with E-state index in [1.54, 1.807) is 0 Å². The molecule has 0 aromatic heterocycles. The van der Waals surface area contributed by atoms with Gasteiger partial charge in [-0.3, -0.25) is 5.32 Å². The molecular weight excluding hydrogens is 206 g/mol. The highest BCUT2D eigenvalue weighted by atomic mass is 16.6.